The lowest BCUT2D eigenvalue weighted by atomic mass is 9.77. The van der Waals surface area contributed by atoms with Crippen LogP contribution in [0, 0.1) is 17.8 Å². The van der Waals surface area contributed by atoms with E-state index >= 15 is 0 Å². The molecule has 0 amide bonds. The lowest BCUT2D eigenvalue weighted by Crippen LogP contribution is -2.18. The van der Waals surface area contributed by atoms with E-state index in [0.29, 0.717) is 0 Å². The molecule has 0 heteroatoms. The Bertz CT molecular complexity index is 149. The summed E-state index contributed by atoms with van der Waals surface area (Å²) in [5.74, 6) is 3.49. The number of fused-ring (bicyclic) bond motifs is 1. The molecule has 0 N–H and O–H groups in total. The Morgan fingerprint density at radius 3 is 2.07 bits per heavy atom. The minimum absolute atomic E-state index is 1.13. The van der Waals surface area contributed by atoms with Crippen LogP contribution >= 0.6 is 0 Å². The molecule has 0 spiro atoms. The zero-order valence-electron chi connectivity index (χ0n) is 9.80. The van der Waals surface area contributed by atoms with Gasteiger partial charge in [-0.05, 0) is 43.4 Å². The molecule has 0 aromatic rings. The fourth-order valence-electron chi connectivity index (χ4n) is 3.48. The molecule has 2 fully saturated rings. The van der Waals surface area contributed by atoms with Gasteiger partial charge in [-0.25, -0.2) is 0 Å². The molecule has 2 rings (SSSR count). The smallest absolute Gasteiger partial charge is 0.0383 e. The highest BCUT2D eigenvalue weighted by Crippen LogP contribution is 2.50. The van der Waals surface area contributed by atoms with Crippen LogP contribution in [0.4, 0.5) is 0 Å². The fraction of sp³-hybridized carbons (Fsp3) is 1.00. The van der Waals surface area contributed by atoms with Gasteiger partial charge < -0.3 is 0 Å². The van der Waals surface area contributed by atoms with Gasteiger partial charge in [-0.2, -0.15) is 0 Å². The molecule has 0 aromatic heterocycles. The summed E-state index contributed by atoms with van der Waals surface area (Å²) in [6, 6.07) is 0. The lowest BCUT2D eigenvalue weighted by Gasteiger charge is -2.29. The summed E-state index contributed by atoms with van der Waals surface area (Å²) in [6.07, 6.45) is 15.2. The Morgan fingerprint density at radius 1 is 0.857 bits per heavy atom. The molecule has 2 unspecified atom stereocenters. The van der Waals surface area contributed by atoms with Crippen LogP contribution in [0.2, 0.25) is 0 Å². The molecular formula is C14H26. The second kappa shape index (κ2) is 5.19. The van der Waals surface area contributed by atoms with Gasteiger partial charge in [0, 0.05) is 0 Å². The lowest BCUT2D eigenvalue weighted by molar-refractivity contribution is 0.219. The van der Waals surface area contributed by atoms with Gasteiger partial charge in [-0.1, -0.05) is 45.4 Å². The summed E-state index contributed by atoms with van der Waals surface area (Å²) in [6.45, 7) is 2.30. The summed E-state index contributed by atoms with van der Waals surface area (Å²) in [7, 11) is 0. The van der Waals surface area contributed by atoms with Gasteiger partial charge in [0.15, 0.2) is 0 Å². The fourth-order valence-corrected chi connectivity index (χ4v) is 3.48. The van der Waals surface area contributed by atoms with Crippen molar-refractivity contribution in [1.29, 1.82) is 0 Å². The Balaban J connectivity index is 1.49. The maximum absolute atomic E-state index is 2.30. The topological polar surface area (TPSA) is 0 Å². The Morgan fingerprint density at radius 2 is 1.50 bits per heavy atom. The highest BCUT2D eigenvalue weighted by Gasteiger charge is 2.39. The summed E-state index contributed by atoms with van der Waals surface area (Å²) in [5.41, 5.74) is 0. The van der Waals surface area contributed by atoms with E-state index in [1.165, 1.54) is 43.9 Å². The first-order chi connectivity index (χ1) is 6.90. The van der Waals surface area contributed by atoms with Crippen LogP contribution in [-0.4, -0.2) is 0 Å². The largest absolute Gasteiger partial charge is 0.0654 e. The van der Waals surface area contributed by atoms with Gasteiger partial charge in [-0.3, -0.25) is 0 Å². The van der Waals surface area contributed by atoms with Crippen molar-refractivity contribution < 1.29 is 0 Å². The quantitative estimate of drug-likeness (QED) is 0.534. The van der Waals surface area contributed by atoms with Crippen molar-refractivity contribution in [3.8, 4) is 0 Å². The van der Waals surface area contributed by atoms with Crippen LogP contribution in [-0.2, 0) is 0 Å². The van der Waals surface area contributed by atoms with Crippen LogP contribution in [0.1, 0.15) is 71.1 Å². The predicted octanol–water partition coefficient (Wildman–Crippen LogP) is 4.78. The van der Waals surface area contributed by atoms with Crippen molar-refractivity contribution in [3.05, 3.63) is 0 Å². The third kappa shape index (κ3) is 2.52. The molecule has 2 aliphatic carbocycles. The first kappa shape index (κ1) is 10.5. The minimum Gasteiger partial charge on any atom is -0.0654 e. The van der Waals surface area contributed by atoms with E-state index in [1.807, 2.05) is 0 Å². The minimum atomic E-state index is 1.13. The summed E-state index contributed by atoms with van der Waals surface area (Å²) in [5, 5.41) is 0. The van der Waals surface area contributed by atoms with E-state index in [9.17, 15) is 0 Å². The van der Waals surface area contributed by atoms with Gasteiger partial charge in [0.2, 0.25) is 0 Å². The predicted molar refractivity (Wildman–Crippen MR) is 62.3 cm³/mol. The molecule has 0 saturated heterocycles. The average Bonchev–Trinajstić information content (AvgIpc) is 2.44. The standard InChI is InChI=1S/C14H26/c1-2-3-4-5-6-7-12-10-13-8-9-14(13)11-12/h12-14H,2-11H2,1H3. The monoisotopic (exact) mass is 194 g/mol. The molecule has 2 saturated carbocycles. The van der Waals surface area contributed by atoms with Crippen molar-refractivity contribution in [2.24, 2.45) is 17.8 Å². The third-order valence-corrected chi connectivity index (χ3v) is 4.56. The van der Waals surface area contributed by atoms with Crippen molar-refractivity contribution >= 4 is 0 Å². The van der Waals surface area contributed by atoms with Crippen LogP contribution in [0.15, 0.2) is 0 Å². The van der Waals surface area contributed by atoms with Gasteiger partial charge in [0.1, 0.15) is 0 Å². The van der Waals surface area contributed by atoms with Crippen molar-refractivity contribution in [2.75, 3.05) is 0 Å². The molecule has 14 heavy (non-hydrogen) atoms. The third-order valence-electron chi connectivity index (χ3n) is 4.56. The van der Waals surface area contributed by atoms with Gasteiger partial charge in [0.05, 0.1) is 0 Å². The van der Waals surface area contributed by atoms with Crippen LogP contribution < -0.4 is 0 Å². The zero-order valence-corrected chi connectivity index (χ0v) is 9.80. The summed E-state index contributed by atoms with van der Waals surface area (Å²) < 4.78 is 0. The Kier molecular flexibility index (Phi) is 3.89. The van der Waals surface area contributed by atoms with E-state index in [-0.39, 0.29) is 0 Å². The number of unbranched alkanes of at least 4 members (excludes halogenated alkanes) is 4. The van der Waals surface area contributed by atoms with Crippen molar-refractivity contribution in [1.82, 2.24) is 0 Å². The van der Waals surface area contributed by atoms with E-state index in [0.717, 1.165) is 5.92 Å². The van der Waals surface area contributed by atoms with E-state index in [1.54, 1.807) is 32.1 Å². The first-order valence-electron chi connectivity index (χ1n) is 6.90. The molecule has 0 bridgehead atoms. The number of hydrogen-bond acceptors (Lipinski definition) is 0. The molecular weight excluding hydrogens is 168 g/mol. The van der Waals surface area contributed by atoms with Crippen LogP contribution in [0.25, 0.3) is 0 Å². The molecule has 0 aliphatic heterocycles. The second-order valence-electron chi connectivity index (χ2n) is 5.64. The SMILES string of the molecule is CCCCCCCC1CC2CCC2C1. The van der Waals surface area contributed by atoms with E-state index in [2.05, 4.69) is 6.92 Å². The summed E-state index contributed by atoms with van der Waals surface area (Å²) in [4.78, 5) is 0. The molecule has 2 atom stereocenters. The van der Waals surface area contributed by atoms with Gasteiger partial charge in [0.25, 0.3) is 0 Å². The molecule has 0 aromatic carbocycles. The first-order valence-corrected chi connectivity index (χ1v) is 6.90. The number of rotatable bonds is 6. The number of hydrogen-bond donors (Lipinski definition) is 0. The van der Waals surface area contributed by atoms with Crippen LogP contribution in [0.3, 0.4) is 0 Å². The zero-order chi connectivity index (χ0) is 9.80. The molecule has 2 aliphatic rings. The average molecular weight is 194 g/mol. The Hall–Kier alpha value is 0. The second-order valence-corrected chi connectivity index (χ2v) is 5.64. The highest BCUT2D eigenvalue weighted by molar-refractivity contribution is 4.90. The van der Waals surface area contributed by atoms with Crippen molar-refractivity contribution in [3.63, 3.8) is 0 Å². The molecule has 0 nitrogen and oxygen atoms in total. The molecule has 0 heterocycles. The molecule has 82 valence electrons. The molecule has 0 radical (unpaired) electrons. The maximum Gasteiger partial charge on any atom is -0.0383 e. The van der Waals surface area contributed by atoms with E-state index in [4.69, 9.17) is 0 Å². The Labute approximate surface area is 89.5 Å². The van der Waals surface area contributed by atoms with Crippen LogP contribution in [0.5, 0.6) is 0 Å². The van der Waals surface area contributed by atoms with Gasteiger partial charge in [-0.15, -0.1) is 0 Å². The maximum atomic E-state index is 2.30. The van der Waals surface area contributed by atoms with Gasteiger partial charge >= 0.3 is 0 Å². The van der Waals surface area contributed by atoms with Crippen molar-refractivity contribution in [2.45, 2.75) is 71.1 Å². The highest BCUT2D eigenvalue weighted by atomic mass is 14.4. The normalized spacial score (nSPS) is 35.4. The summed E-state index contributed by atoms with van der Waals surface area (Å²) >= 11 is 0. The van der Waals surface area contributed by atoms with E-state index < -0.39 is 0 Å².